The predicted octanol–water partition coefficient (Wildman–Crippen LogP) is 5.13. The number of hydrogen-bond acceptors (Lipinski definition) is 2. The van der Waals surface area contributed by atoms with Crippen molar-refractivity contribution in [2.24, 2.45) is 0 Å². The molecule has 0 fully saturated rings. The molecule has 0 amide bonds. The summed E-state index contributed by atoms with van der Waals surface area (Å²) in [6.45, 7) is 0. The van der Waals surface area contributed by atoms with Crippen LogP contribution in [0.2, 0.25) is 0 Å². The van der Waals surface area contributed by atoms with Crippen molar-refractivity contribution in [3.63, 3.8) is 0 Å². The second-order valence-electron chi connectivity index (χ2n) is 6.31. The van der Waals surface area contributed by atoms with Crippen molar-refractivity contribution >= 4 is 10.8 Å². The minimum atomic E-state index is -1.32. The molecule has 0 spiro atoms. The van der Waals surface area contributed by atoms with Crippen molar-refractivity contribution in [2.45, 2.75) is 5.60 Å². The summed E-state index contributed by atoms with van der Waals surface area (Å²) in [5.41, 5.74) is 1.05. The zero-order valence-corrected chi connectivity index (χ0v) is 14.6. The Bertz CT molecular complexity index is 984. The summed E-state index contributed by atoms with van der Waals surface area (Å²) in [5.74, 6) is 0.666. The Kier molecular flexibility index (Phi) is 4.19. The smallest absolute Gasteiger partial charge is 0.144 e. The highest BCUT2D eigenvalue weighted by Crippen LogP contribution is 2.44. The Morgan fingerprint density at radius 3 is 1.77 bits per heavy atom. The van der Waals surface area contributed by atoms with Crippen molar-refractivity contribution in [1.29, 1.82) is 0 Å². The van der Waals surface area contributed by atoms with Gasteiger partial charge in [-0.2, -0.15) is 0 Å². The molecule has 2 heteroatoms. The number of fused-ring (bicyclic) bond motifs is 1. The first kappa shape index (κ1) is 16.4. The van der Waals surface area contributed by atoms with Crippen LogP contribution in [-0.2, 0) is 5.60 Å². The Morgan fingerprint density at radius 2 is 1.19 bits per heavy atom. The highest BCUT2D eigenvalue weighted by molar-refractivity contribution is 5.90. The highest BCUT2D eigenvalue weighted by atomic mass is 16.5. The molecule has 0 bridgehead atoms. The van der Waals surface area contributed by atoms with Crippen LogP contribution in [0.15, 0.2) is 97.1 Å². The molecular weight excluding hydrogens is 320 g/mol. The molecule has 4 rings (SSSR count). The van der Waals surface area contributed by atoms with Crippen LogP contribution in [0.4, 0.5) is 0 Å². The van der Waals surface area contributed by atoms with E-state index in [0.717, 1.165) is 27.5 Å². The van der Waals surface area contributed by atoms with Gasteiger partial charge in [0.05, 0.1) is 7.11 Å². The van der Waals surface area contributed by atoms with Gasteiger partial charge in [0.25, 0.3) is 0 Å². The maximum absolute atomic E-state index is 12.2. The van der Waals surface area contributed by atoms with E-state index in [-0.39, 0.29) is 0 Å². The van der Waals surface area contributed by atoms with Crippen LogP contribution in [-0.4, -0.2) is 12.2 Å². The van der Waals surface area contributed by atoms with Crippen molar-refractivity contribution < 1.29 is 9.84 Å². The van der Waals surface area contributed by atoms with Crippen LogP contribution in [0.5, 0.6) is 5.75 Å². The molecule has 4 aromatic carbocycles. The van der Waals surface area contributed by atoms with E-state index in [9.17, 15) is 5.11 Å². The quantitative estimate of drug-likeness (QED) is 0.522. The van der Waals surface area contributed by atoms with Crippen molar-refractivity contribution in [3.05, 3.63) is 114 Å². The molecule has 0 saturated heterocycles. The van der Waals surface area contributed by atoms with Gasteiger partial charge in [0.2, 0.25) is 0 Å². The maximum atomic E-state index is 12.2. The van der Waals surface area contributed by atoms with E-state index in [1.807, 2.05) is 91.0 Å². The molecule has 26 heavy (non-hydrogen) atoms. The summed E-state index contributed by atoms with van der Waals surface area (Å²) in [4.78, 5) is 0. The summed E-state index contributed by atoms with van der Waals surface area (Å²) < 4.78 is 5.68. The fourth-order valence-electron chi connectivity index (χ4n) is 3.61. The normalized spacial score (nSPS) is 11.5. The summed E-state index contributed by atoms with van der Waals surface area (Å²) >= 11 is 0. The Labute approximate surface area is 153 Å². The number of methoxy groups -OCH3 is 1. The number of benzene rings is 4. The van der Waals surface area contributed by atoms with Gasteiger partial charge in [-0.25, -0.2) is 0 Å². The Morgan fingerprint density at radius 1 is 0.654 bits per heavy atom. The SMILES string of the molecule is COc1ccc2ccccc2c1C(O)(c1ccccc1)c1ccccc1. The second kappa shape index (κ2) is 6.66. The number of aliphatic hydroxyl groups is 1. The molecule has 0 radical (unpaired) electrons. The molecule has 0 aliphatic heterocycles. The average Bonchev–Trinajstić information content (AvgIpc) is 2.73. The van der Waals surface area contributed by atoms with Crippen molar-refractivity contribution in [3.8, 4) is 5.75 Å². The molecule has 128 valence electrons. The van der Waals surface area contributed by atoms with Gasteiger partial charge in [-0.3, -0.25) is 0 Å². The van der Waals surface area contributed by atoms with Gasteiger partial charge in [0.15, 0.2) is 0 Å². The Hall–Kier alpha value is -3.10. The van der Waals surface area contributed by atoms with Gasteiger partial charge >= 0.3 is 0 Å². The van der Waals surface area contributed by atoms with Gasteiger partial charge in [-0.1, -0.05) is 91.0 Å². The van der Waals surface area contributed by atoms with Crippen LogP contribution in [0.3, 0.4) is 0 Å². The van der Waals surface area contributed by atoms with Crippen LogP contribution in [0.25, 0.3) is 10.8 Å². The lowest BCUT2D eigenvalue weighted by Crippen LogP contribution is -2.29. The molecule has 1 N–H and O–H groups in total. The third-order valence-electron chi connectivity index (χ3n) is 4.86. The highest BCUT2D eigenvalue weighted by Gasteiger charge is 2.37. The number of ether oxygens (including phenoxy) is 1. The minimum absolute atomic E-state index is 0.666. The molecule has 0 aliphatic carbocycles. The van der Waals surface area contributed by atoms with Crippen molar-refractivity contribution in [2.75, 3.05) is 7.11 Å². The molecule has 2 nitrogen and oxygen atoms in total. The van der Waals surface area contributed by atoms with Crippen molar-refractivity contribution in [1.82, 2.24) is 0 Å². The summed E-state index contributed by atoms with van der Waals surface area (Å²) in [6.07, 6.45) is 0. The maximum Gasteiger partial charge on any atom is 0.144 e. The van der Waals surface area contributed by atoms with Crippen LogP contribution >= 0.6 is 0 Å². The monoisotopic (exact) mass is 340 g/mol. The van der Waals surface area contributed by atoms with Crippen LogP contribution < -0.4 is 4.74 Å². The molecule has 0 saturated carbocycles. The largest absolute Gasteiger partial charge is 0.496 e. The molecule has 0 aliphatic rings. The van der Waals surface area contributed by atoms with Gasteiger partial charge in [0, 0.05) is 5.56 Å². The van der Waals surface area contributed by atoms with E-state index in [1.54, 1.807) is 7.11 Å². The molecule has 0 atom stereocenters. The fourth-order valence-corrected chi connectivity index (χ4v) is 3.61. The zero-order chi connectivity index (χ0) is 18.0. The number of rotatable bonds is 4. The lowest BCUT2D eigenvalue weighted by atomic mass is 9.78. The molecular formula is C24H20O2. The molecule has 4 aromatic rings. The second-order valence-corrected chi connectivity index (χ2v) is 6.31. The summed E-state index contributed by atoms with van der Waals surface area (Å²) in [5, 5.41) is 14.2. The third kappa shape index (κ3) is 2.56. The average molecular weight is 340 g/mol. The molecule has 0 heterocycles. The van der Waals surface area contributed by atoms with E-state index in [1.165, 1.54) is 0 Å². The molecule has 0 aromatic heterocycles. The topological polar surface area (TPSA) is 29.5 Å². The van der Waals surface area contributed by atoms with Gasteiger partial charge < -0.3 is 9.84 Å². The first-order valence-corrected chi connectivity index (χ1v) is 8.65. The zero-order valence-electron chi connectivity index (χ0n) is 14.6. The van der Waals surface area contributed by atoms with Gasteiger partial charge in [0.1, 0.15) is 11.4 Å². The van der Waals surface area contributed by atoms with Crippen LogP contribution in [0, 0.1) is 0 Å². The van der Waals surface area contributed by atoms with Gasteiger partial charge in [-0.05, 0) is 28.0 Å². The Balaban J connectivity index is 2.13. The minimum Gasteiger partial charge on any atom is -0.496 e. The standard InChI is InChI=1S/C24H20O2/c1-26-22-17-16-18-10-8-9-15-21(18)23(22)24(25,19-11-4-2-5-12-19)20-13-6-3-7-14-20/h2-17,25H,1H3. The first-order valence-electron chi connectivity index (χ1n) is 8.65. The number of hydrogen-bond donors (Lipinski definition) is 1. The lowest BCUT2D eigenvalue weighted by molar-refractivity contribution is 0.124. The van der Waals surface area contributed by atoms with E-state index in [0.29, 0.717) is 5.75 Å². The first-order chi connectivity index (χ1) is 12.7. The van der Waals surface area contributed by atoms with Crippen LogP contribution in [0.1, 0.15) is 16.7 Å². The van der Waals surface area contributed by atoms with E-state index in [2.05, 4.69) is 6.07 Å². The summed E-state index contributed by atoms with van der Waals surface area (Å²) in [7, 11) is 1.64. The van der Waals surface area contributed by atoms with E-state index in [4.69, 9.17) is 4.74 Å². The summed E-state index contributed by atoms with van der Waals surface area (Å²) in [6, 6.07) is 31.5. The predicted molar refractivity (Wildman–Crippen MR) is 105 cm³/mol. The van der Waals surface area contributed by atoms with Gasteiger partial charge in [-0.15, -0.1) is 0 Å². The van der Waals surface area contributed by atoms with E-state index < -0.39 is 5.60 Å². The lowest BCUT2D eigenvalue weighted by Gasteiger charge is -2.32. The third-order valence-corrected chi connectivity index (χ3v) is 4.86. The van der Waals surface area contributed by atoms with E-state index >= 15 is 0 Å². The fraction of sp³-hybridized carbons (Fsp3) is 0.0833. The molecule has 0 unspecified atom stereocenters.